The molecule has 5 nitrogen and oxygen atoms in total. The quantitative estimate of drug-likeness (QED) is 0.475. The molecule has 0 bridgehead atoms. The molecule has 0 atom stereocenters. The second-order valence-corrected chi connectivity index (χ2v) is 7.22. The summed E-state index contributed by atoms with van der Waals surface area (Å²) in [7, 11) is 0. The summed E-state index contributed by atoms with van der Waals surface area (Å²) in [5.41, 5.74) is 4.84. The van der Waals surface area contributed by atoms with Crippen molar-refractivity contribution in [3.8, 4) is 17.2 Å². The Balaban J connectivity index is 1.69. The van der Waals surface area contributed by atoms with E-state index in [4.69, 9.17) is 16.9 Å². The Morgan fingerprint density at radius 3 is 2.30 bits per heavy atom. The number of hydrogen-bond acceptors (Lipinski definition) is 4. The van der Waals surface area contributed by atoms with Gasteiger partial charge in [-0.15, -0.1) is 0 Å². The summed E-state index contributed by atoms with van der Waals surface area (Å²) in [6, 6.07) is 22.2. The second-order valence-electron chi connectivity index (χ2n) is 6.78. The molecule has 3 aromatic rings. The van der Waals surface area contributed by atoms with E-state index in [-0.39, 0.29) is 0 Å². The first-order chi connectivity index (χ1) is 14.5. The van der Waals surface area contributed by atoms with Crippen molar-refractivity contribution in [1.29, 1.82) is 5.26 Å². The van der Waals surface area contributed by atoms with Gasteiger partial charge >= 0.3 is 0 Å². The fourth-order valence-electron chi connectivity index (χ4n) is 3.26. The van der Waals surface area contributed by atoms with Gasteiger partial charge in [0.2, 0.25) is 0 Å². The number of imide groups is 1. The summed E-state index contributed by atoms with van der Waals surface area (Å²) in [4.78, 5) is 24.8. The van der Waals surface area contributed by atoms with E-state index in [1.807, 2.05) is 48.5 Å². The Kier molecular flexibility index (Phi) is 5.34. The Hall–Kier alpha value is -3.88. The maximum atomic E-state index is 12.5. The molecular formula is C24H16ClN3O2. The van der Waals surface area contributed by atoms with E-state index in [9.17, 15) is 9.59 Å². The Labute approximate surface area is 178 Å². The third kappa shape index (κ3) is 3.95. The monoisotopic (exact) mass is 413 g/mol. The Morgan fingerprint density at radius 1 is 0.900 bits per heavy atom. The molecule has 3 aromatic carbocycles. The average Bonchev–Trinajstić information content (AvgIpc) is 2.75. The maximum Gasteiger partial charge on any atom is 0.260 e. The first-order valence-electron chi connectivity index (χ1n) is 9.24. The van der Waals surface area contributed by atoms with E-state index in [0.717, 1.165) is 22.4 Å². The van der Waals surface area contributed by atoms with Crippen LogP contribution in [0, 0.1) is 11.3 Å². The van der Waals surface area contributed by atoms with Gasteiger partial charge in [0, 0.05) is 28.0 Å². The lowest BCUT2D eigenvalue weighted by molar-refractivity contribution is -0.114. The molecule has 0 spiro atoms. The molecule has 146 valence electrons. The normalized spacial score (nSPS) is 14.1. The van der Waals surface area contributed by atoms with Crippen LogP contribution in [0.2, 0.25) is 5.02 Å². The third-order valence-corrected chi connectivity index (χ3v) is 5.08. The molecule has 30 heavy (non-hydrogen) atoms. The molecule has 0 saturated carbocycles. The van der Waals surface area contributed by atoms with E-state index in [2.05, 4.69) is 16.7 Å². The van der Waals surface area contributed by atoms with Gasteiger partial charge in [0.25, 0.3) is 11.8 Å². The van der Waals surface area contributed by atoms with E-state index in [1.165, 1.54) is 0 Å². The predicted molar refractivity (Wildman–Crippen MR) is 117 cm³/mol. The lowest BCUT2D eigenvalue weighted by Gasteiger charge is -2.19. The largest absolute Gasteiger partial charge is 0.361 e. The minimum Gasteiger partial charge on any atom is -0.361 e. The van der Waals surface area contributed by atoms with Crippen LogP contribution in [0.4, 0.5) is 5.69 Å². The van der Waals surface area contributed by atoms with E-state index in [1.54, 1.807) is 24.4 Å². The summed E-state index contributed by atoms with van der Waals surface area (Å²) in [5, 5.41) is 14.9. The van der Waals surface area contributed by atoms with Crippen molar-refractivity contribution in [3.63, 3.8) is 0 Å². The van der Waals surface area contributed by atoms with Gasteiger partial charge in [-0.05, 0) is 53.1 Å². The number of nitrogens with one attached hydrogen (secondary N) is 2. The number of nitrogens with zero attached hydrogens (tertiary/aromatic N) is 1. The number of benzene rings is 3. The van der Waals surface area contributed by atoms with Crippen LogP contribution < -0.4 is 10.6 Å². The molecular weight excluding hydrogens is 398 g/mol. The number of carbonyl (C=O) groups is 2. The van der Waals surface area contributed by atoms with Gasteiger partial charge in [-0.2, -0.15) is 5.26 Å². The average molecular weight is 414 g/mol. The van der Waals surface area contributed by atoms with Crippen LogP contribution in [0.5, 0.6) is 0 Å². The van der Waals surface area contributed by atoms with Crippen molar-refractivity contribution >= 4 is 34.7 Å². The van der Waals surface area contributed by atoms with Crippen molar-refractivity contribution in [1.82, 2.24) is 5.32 Å². The van der Waals surface area contributed by atoms with Gasteiger partial charge in [-0.3, -0.25) is 14.9 Å². The number of amides is 2. The first-order valence-corrected chi connectivity index (χ1v) is 9.61. The molecule has 0 saturated heterocycles. The Morgan fingerprint density at radius 2 is 1.60 bits per heavy atom. The molecule has 6 heteroatoms. The number of rotatable bonds is 4. The Bertz CT molecular complexity index is 1210. The maximum absolute atomic E-state index is 12.5. The van der Waals surface area contributed by atoms with Gasteiger partial charge in [0.05, 0.1) is 18.1 Å². The van der Waals surface area contributed by atoms with Crippen LogP contribution in [-0.4, -0.2) is 11.8 Å². The number of carbonyl (C=O) groups excluding carboxylic acids is 2. The van der Waals surface area contributed by atoms with E-state index >= 15 is 0 Å². The van der Waals surface area contributed by atoms with Gasteiger partial charge in [0.1, 0.15) is 0 Å². The summed E-state index contributed by atoms with van der Waals surface area (Å²) in [6.07, 6.45) is 1.93. The van der Waals surface area contributed by atoms with Crippen LogP contribution in [-0.2, 0) is 11.2 Å². The van der Waals surface area contributed by atoms with Crippen molar-refractivity contribution in [2.75, 3.05) is 5.32 Å². The van der Waals surface area contributed by atoms with Gasteiger partial charge < -0.3 is 5.32 Å². The van der Waals surface area contributed by atoms with E-state index in [0.29, 0.717) is 28.1 Å². The third-order valence-electron chi connectivity index (χ3n) is 4.82. The van der Waals surface area contributed by atoms with Gasteiger partial charge in [-0.25, -0.2) is 0 Å². The van der Waals surface area contributed by atoms with Crippen LogP contribution in [0.15, 0.2) is 72.9 Å². The first kappa shape index (κ1) is 19.4. The number of halogens is 1. The molecule has 0 radical (unpaired) electrons. The van der Waals surface area contributed by atoms with Crippen LogP contribution in [0.3, 0.4) is 0 Å². The van der Waals surface area contributed by atoms with Gasteiger partial charge in [-0.1, -0.05) is 41.9 Å². The molecule has 1 aliphatic rings. The smallest absolute Gasteiger partial charge is 0.260 e. The molecule has 2 N–H and O–H groups in total. The van der Waals surface area contributed by atoms with Gasteiger partial charge in [0.15, 0.2) is 0 Å². The van der Waals surface area contributed by atoms with E-state index < -0.39 is 11.8 Å². The molecule has 1 aliphatic heterocycles. The predicted octanol–water partition coefficient (Wildman–Crippen LogP) is 4.80. The number of nitriles is 1. The zero-order valence-electron chi connectivity index (χ0n) is 15.8. The highest BCUT2D eigenvalue weighted by atomic mass is 35.5. The lowest BCUT2D eigenvalue weighted by Crippen LogP contribution is -2.36. The number of fused-ring (bicyclic) bond motifs is 1. The highest BCUT2D eigenvalue weighted by Gasteiger charge is 2.27. The number of hydrogen-bond donors (Lipinski definition) is 2. The van der Waals surface area contributed by atoms with Crippen LogP contribution in [0.25, 0.3) is 16.7 Å². The van der Waals surface area contributed by atoms with Crippen LogP contribution >= 0.6 is 11.6 Å². The molecule has 0 unspecified atom stereocenters. The van der Waals surface area contributed by atoms with Crippen molar-refractivity contribution in [2.45, 2.75) is 6.42 Å². The second kappa shape index (κ2) is 8.24. The van der Waals surface area contributed by atoms with Crippen LogP contribution in [0.1, 0.15) is 21.5 Å². The van der Waals surface area contributed by atoms with Crippen molar-refractivity contribution < 1.29 is 9.59 Å². The summed E-state index contributed by atoms with van der Waals surface area (Å²) >= 11 is 5.97. The van der Waals surface area contributed by atoms with Crippen molar-refractivity contribution in [3.05, 3.63) is 94.6 Å². The molecule has 0 aromatic heterocycles. The lowest BCUT2D eigenvalue weighted by atomic mass is 9.91. The zero-order valence-corrected chi connectivity index (χ0v) is 16.5. The minimum atomic E-state index is -0.464. The minimum absolute atomic E-state index is 0.340. The topological polar surface area (TPSA) is 82.0 Å². The summed E-state index contributed by atoms with van der Waals surface area (Å²) in [6.45, 7) is 0. The summed E-state index contributed by atoms with van der Waals surface area (Å²) in [5.74, 6) is -0.884. The number of anilines is 1. The fourth-order valence-corrected chi connectivity index (χ4v) is 3.38. The molecule has 0 fully saturated rings. The fraction of sp³-hybridized carbons (Fsp3) is 0.0417. The molecule has 0 aliphatic carbocycles. The highest BCUT2D eigenvalue weighted by molar-refractivity contribution is 6.31. The molecule has 4 rings (SSSR count). The zero-order chi connectivity index (χ0) is 21.1. The van der Waals surface area contributed by atoms with Crippen molar-refractivity contribution in [2.24, 2.45) is 0 Å². The highest BCUT2D eigenvalue weighted by Crippen LogP contribution is 2.30. The molecule has 1 heterocycles. The SMILES string of the molecule is N#CCc1ccc(NC=C2C(=O)NC(=O)c3ccc(-c4ccc(Cl)cc4)cc32)cc1. The summed E-state index contributed by atoms with van der Waals surface area (Å²) < 4.78 is 0. The molecule has 2 amide bonds. The standard InChI is InChI=1S/C24H16ClN3O2/c25-18-6-3-16(4-7-18)17-5-10-20-21(13-17)22(24(30)28-23(20)29)14-27-19-8-1-15(2-9-19)11-12-26/h1-10,13-14,27H,11H2,(H,28,29,30).